The number of carboxylic acids is 1. The summed E-state index contributed by atoms with van der Waals surface area (Å²) in [5.41, 5.74) is -0.576. The van der Waals surface area contributed by atoms with Crippen molar-refractivity contribution in [1.29, 1.82) is 0 Å². The van der Waals surface area contributed by atoms with Crippen LogP contribution in [-0.2, 0) is 4.79 Å². The van der Waals surface area contributed by atoms with E-state index in [9.17, 15) is 19.5 Å². The van der Waals surface area contributed by atoms with Crippen LogP contribution >= 0.6 is 11.3 Å². The van der Waals surface area contributed by atoms with Crippen LogP contribution in [0.2, 0.25) is 0 Å². The monoisotopic (exact) mass is 360 g/mol. The Kier molecular flexibility index (Phi) is 5.93. The number of aliphatic carboxylic acids is 1. The van der Waals surface area contributed by atoms with Crippen LogP contribution in [0.5, 0.6) is 0 Å². The second-order valence-corrected chi connectivity index (χ2v) is 6.80. The molecule has 2 aromatic rings. The average Bonchev–Trinajstić information content (AvgIpc) is 3.09. The minimum atomic E-state index is -1.33. The maximum absolute atomic E-state index is 12.4. The fourth-order valence-electron chi connectivity index (χ4n) is 2.38. The van der Waals surface area contributed by atoms with E-state index in [1.54, 1.807) is 35.7 Å². The third-order valence-corrected chi connectivity index (χ3v) is 4.61. The molecule has 0 aliphatic heterocycles. The average molecular weight is 360 g/mol. The van der Waals surface area contributed by atoms with Gasteiger partial charge >= 0.3 is 5.97 Å². The van der Waals surface area contributed by atoms with Crippen molar-refractivity contribution in [2.24, 2.45) is 0 Å². The van der Waals surface area contributed by atoms with Gasteiger partial charge in [-0.25, -0.2) is 4.79 Å². The van der Waals surface area contributed by atoms with E-state index in [4.69, 9.17) is 0 Å². The number of carbonyl (C=O) groups is 3. The van der Waals surface area contributed by atoms with Crippen LogP contribution < -0.4 is 10.6 Å². The first-order chi connectivity index (χ1) is 11.9. The maximum Gasteiger partial charge on any atom is 0.329 e. The van der Waals surface area contributed by atoms with Crippen LogP contribution in [0.15, 0.2) is 41.8 Å². The summed E-state index contributed by atoms with van der Waals surface area (Å²) >= 11 is 1.32. The van der Waals surface area contributed by atoms with Gasteiger partial charge in [-0.3, -0.25) is 9.59 Å². The lowest BCUT2D eigenvalue weighted by molar-refractivity contribution is -0.144. The van der Waals surface area contributed by atoms with E-state index in [1.807, 2.05) is 6.92 Å². The number of hydrogen-bond acceptors (Lipinski definition) is 4. The van der Waals surface area contributed by atoms with E-state index < -0.39 is 17.4 Å². The normalized spacial score (nSPS) is 12.9. The Bertz CT molecular complexity index is 773. The number of hydrogen-bond donors (Lipinski definition) is 3. The molecule has 0 spiro atoms. The molecule has 0 aliphatic rings. The molecule has 0 unspecified atom stereocenters. The lowest BCUT2D eigenvalue weighted by atomic mass is 9.95. The molecule has 0 fully saturated rings. The van der Waals surface area contributed by atoms with Crippen LogP contribution in [-0.4, -0.2) is 28.4 Å². The SMILES string of the molecule is CCC[C@](C)(NC(=O)c1cccc(NC(=O)c2cccs2)c1)C(=O)O. The van der Waals surface area contributed by atoms with Gasteiger partial charge in [0.2, 0.25) is 0 Å². The molecule has 1 atom stereocenters. The number of carbonyl (C=O) groups excluding carboxylic acids is 2. The fourth-order valence-corrected chi connectivity index (χ4v) is 3.00. The second kappa shape index (κ2) is 7.94. The van der Waals surface area contributed by atoms with E-state index in [1.165, 1.54) is 24.3 Å². The molecule has 0 bridgehead atoms. The molecular formula is C18H20N2O4S. The Balaban J connectivity index is 2.13. The number of amides is 2. The number of benzene rings is 1. The molecule has 0 radical (unpaired) electrons. The summed E-state index contributed by atoms with van der Waals surface area (Å²) in [7, 11) is 0. The molecule has 1 aromatic carbocycles. The number of anilines is 1. The van der Waals surface area contributed by atoms with Gasteiger partial charge < -0.3 is 15.7 Å². The maximum atomic E-state index is 12.4. The van der Waals surface area contributed by atoms with E-state index in [0.717, 1.165) is 0 Å². The Morgan fingerprint density at radius 1 is 1.16 bits per heavy atom. The van der Waals surface area contributed by atoms with E-state index in [2.05, 4.69) is 10.6 Å². The van der Waals surface area contributed by atoms with E-state index in [0.29, 0.717) is 23.4 Å². The Morgan fingerprint density at radius 2 is 1.92 bits per heavy atom. The molecular weight excluding hydrogens is 340 g/mol. The van der Waals surface area contributed by atoms with Gasteiger partial charge in [0.1, 0.15) is 5.54 Å². The first-order valence-electron chi connectivity index (χ1n) is 7.86. The summed E-state index contributed by atoms with van der Waals surface area (Å²) in [4.78, 5) is 36.5. The first-order valence-corrected chi connectivity index (χ1v) is 8.74. The topological polar surface area (TPSA) is 95.5 Å². The number of thiophene rings is 1. The molecule has 25 heavy (non-hydrogen) atoms. The van der Waals surface area contributed by atoms with Crippen molar-refractivity contribution in [2.45, 2.75) is 32.2 Å². The Labute approximate surface area is 149 Å². The highest BCUT2D eigenvalue weighted by Crippen LogP contribution is 2.17. The van der Waals surface area contributed by atoms with Crippen LogP contribution in [0.3, 0.4) is 0 Å². The molecule has 0 aliphatic carbocycles. The van der Waals surface area contributed by atoms with Crippen molar-refractivity contribution in [3.05, 3.63) is 52.2 Å². The van der Waals surface area contributed by atoms with E-state index >= 15 is 0 Å². The Morgan fingerprint density at radius 3 is 2.52 bits per heavy atom. The summed E-state index contributed by atoms with van der Waals surface area (Å²) < 4.78 is 0. The lowest BCUT2D eigenvalue weighted by Crippen LogP contribution is -2.52. The highest BCUT2D eigenvalue weighted by molar-refractivity contribution is 7.12. The molecule has 2 rings (SSSR count). The van der Waals surface area contributed by atoms with Gasteiger partial charge in [-0.15, -0.1) is 11.3 Å². The molecule has 0 saturated heterocycles. The van der Waals surface area contributed by atoms with Crippen molar-refractivity contribution in [1.82, 2.24) is 5.32 Å². The minimum Gasteiger partial charge on any atom is -0.480 e. The van der Waals surface area contributed by atoms with Crippen molar-refractivity contribution < 1.29 is 19.5 Å². The Hall–Kier alpha value is -2.67. The summed E-state index contributed by atoms with van der Waals surface area (Å²) in [5.74, 6) is -1.83. The van der Waals surface area contributed by atoms with Crippen molar-refractivity contribution in [3.63, 3.8) is 0 Å². The number of carboxylic acid groups (broad SMARTS) is 1. The summed E-state index contributed by atoms with van der Waals surface area (Å²) in [5, 5.41) is 16.5. The van der Waals surface area contributed by atoms with Crippen molar-refractivity contribution in [2.75, 3.05) is 5.32 Å². The van der Waals surface area contributed by atoms with Gasteiger partial charge in [0.15, 0.2) is 0 Å². The highest BCUT2D eigenvalue weighted by atomic mass is 32.1. The third-order valence-electron chi connectivity index (χ3n) is 3.74. The summed E-state index contributed by atoms with van der Waals surface area (Å²) in [6, 6.07) is 9.89. The molecule has 2 amide bonds. The molecule has 6 nitrogen and oxygen atoms in total. The molecule has 1 heterocycles. The summed E-state index contributed by atoms with van der Waals surface area (Å²) in [6.07, 6.45) is 0.947. The largest absolute Gasteiger partial charge is 0.480 e. The molecule has 0 saturated carbocycles. The minimum absolute atomic E-state index is 0.256. The quantitative estimate of drug-likeness (QED) is 0.705. The lowest BCUT2D eigenvalue weighted by Gasteiger charge is -2.25. The zero-order chi connectivity index (χ0) is 18.4. The van der Waals surface area contributed by atoms with Gasteiger partial charge in [0.05, 0.1) is 4.88 Å². The van der Waals surface area contributed by atoms with Gasteiger partial charge in [-0.2, -0.15) is 0 Å². The zero-order valence-electron chi connectivity index (χ0n) is 14.0. The first kappa shape index (κ1) is 18.7. The molecule has 3 N–H and O–H groups in total. The van der Waals surface area contributed by atoms with Gasteiger partial charge in [0, 0.05) is 11.3 Å². The third kappa shape index (κ3) is 4.67. The van der Waals surface area contributed by atoms with Crippen molar-refractivity contribution >= 4 is 34.8 Å². The molecule has 132 valence electrons. The van der Waals surface area contributed by atoms with Crippen LogP contribution in [0.1, 0.15) is 46.7 Å². The number of rotatable bonds is 7. The van der Waals surface area contributed by atoms with Gasteiger partial charge in [0.25, 0.3) is 11.8 Å². The van der Waals surface area contributed by atoms with Crippen molar-refractivity contribution in [3.8, 4) is 0 Å². The highest BCUT2D eigenvalue weighted by Gasteiger charge is 2.34. The van der Waals surface area contributed by atoms with Crippen LogP contribution in [0.25, 0.3) is 0 Å². The van der Waals surface area contributed by atoms with E-state index in [-0.39, 0.29) is 11.5 Å². The standard InChI is InChI=1S/C18H20N2O4S/c1-3-9-18(2,17(23)24)20-15(21)12-6-4-7-13(11-12)19-16(22)14-8-5-10-25-14/h4-8,10-11H,3,9H2,1-2H3,(H,19,22)(H,20,21)(H,23,24)/t18-/m0/s1. The van der Waals surface area contributed by atoms with Crippen LogP contribution in [0, 0.1) is 0 Å². The van der Waals surface area contributed by atoms with Gasteiger partial charge in [-0.05, 0) is 43.0 Å². The fraction of sp³-hybridized carbons (Fsp3) is 0.278. The second-order valence-electron chi connectivity index (χ2n) is 5.85. The smallest absolute Gasteiger partial charge is 0.329 e. The zero-order valence-corrected chi connectivity index (χ0v) is 14.9. The molecule has 7 heteroatoms. The van der Waals surface area contributed by atoms with Crippen LogP contribution in [0.4, 0.5) is 5.69 Å². The predicted octanol–water partition coefficient (Wildman–Crippen LogP) is 3.37. The molecule has 1 aromatic heterocycles. The summed E-state index contributed by atoms with van der Waals surface area (Å²) in [6.45, 7) is 3.34. The number of nitrogens with one attached hydrogen (secondary N) is 2. The predicted molar refractivity (Wildman–Crippen MR) is 97.1 cm³/mol. The van der Waals surface area contributed by atoms with Gasteiger partial charge in [-0.1, -0.05) is 25.5 Å².